The lowest BCUT2D eigenvalue weighted by Gasteiger charge is -2.31. The maximum absolute atomic E-state index is 13.9. The largest absolute Gasteiger partial charge is 0.497 e. The molecule has 2 aliphatic heterocycles. The first-order valence-corrected chi connectivity index (χ1v) is 23.0. The van der Waals surface area contributed by atoms with Gasteiger partial charge in [0.1, 0.15) is 35.7 Å². The molecule has 0 saturated carbocycles. The first kappa shape index (κ1) is 44.9. The van der Waals surface area contributed by atoms with E-state index in [0.29, 0.717) is 36.0 Å². The monoisotopic (exact) mass is 868 g/mol. The molecule has 2 N–H and O–H groups in total. The van der Waals surface area contributed by atoms with Crippen LogP contribution in [0.5, 0.6) is 23.0 Å². The molecule has 324 valence electrons. The number of alkyl carbamates (subject to hydrolysis) is 1. The van der Waals surface area contributed by atoms with E-state index in [4.69, 9.17) is 37.5 Å². The zero-order valence-corrected chi connectivity index (χ0v) is 35.6. The predicted molar refractivity (Wildman–Crippen MR) is 222 cm³/mol. The fourth-order valence-corrected chi connectivity index (χ4v) is 9.79. The van der Waals surface area contributed by atoms with Crippen LogP contribution in [0.4, 0.5) is 4.79 Å². The number of fused-ring (bicyclic) bond motifs is 1. The third-order valence-electron chi connectivity index (χ3n) is 9.77. The van der Waals surface area contributed by atoms with E-state index in [2.05, 4.69) is 5.32 Å². The van der Waals surface area contributed by atoms with Crippen LogP contribution < -0.4 is 23.8 Å². The lowest BCUT2D eigenvalue weighted by molar-refractivity contribution is -0.0907. The van der Waals surface area contributed by atoms with Crippen LogP contribution in [0.2, 0.25) is 0 Å². The van der Waals surface area contributed by atoms with E-state index in [1.165, 1.54) is 23.5 Å². The summed E-state index contributed by atoms with van der Waals surface area (Å²) in [6, 6.07) is 29.5. The number of methoxy groups -OCH3 is 1. The Morgan fingerprint density at radius 2 is 1.48 bits per heavy atom. The van der Waals surface area contributed by atoms with Crippen molar-refractivity contribution >= 4 is 23.7 Å². The van der Waals surface area contributed by atoms with Crippen LogP contribution in [0.15, 0.2) is 114 Å². The number of nitrogens with zero attached hydrogens (tertiary/aromatic N) is 1. The zero-order chi connectivity index (χ0) is 42.5. The molecule has 4 aromatic carbocycles. The Hall–Kier alpha value is -4.67. The Kier molecular flexibility index (Phi) is 15.9. The van der Waals surface area contributed by atoms with Crippen LogP contribution in [-0.4, -0.2) is 101 Å². The van der Waals surface area contributed by atoms with E-state index in [9.17, 15) is 22.9 Å². The summed E-state index contributed by atoms with van der Waals surface area (Å²) in [6.07, 6.45) is -2.55. The SMILES string of the molecule is COc1ccc(S(=O)(=O)N(CC(C)C)C[C@@H](O)[C@H](Cc2ccc(OCCOCP(=O)(Oc3ccccc3)Oc3ccccc3)cc2)NC(=O)O[C@H]2CO[C@H]3OCC[C@H]32)cc1. The molecule has 17 heteroatoms. The second-order valence-corrected chi connectivity index (χ2v) is 18.6. The maximum atomic E-state index is 13.9. The number of sulfonamides is 1. The highest BCUT2D eigenvalue weighted by Gasteiger charge is 2.44. The molecular formula is C43H53N2O13PS. The molecule has 0 bridgehead atoms. The minimum absolute atomic E-state index is 0.0469. The van der Waals surface area contributed by atoms with E-state index < -0.39 is 48.3 Å². The summed E-state index contributed by atoms with van der Waals surface area (Å²) in [5, 5.41) is 14.5. The van der Waals surface area contributed by atoms with Crippen LogP contribution in [0.3, 0.4) is 0 Å². The first-order valence-electron chi connectivity index (χ1n) is 19.8. The van der Waals surface area contributed by atoms with Crippen LogP contribution in [0.1, 0.15) is 25.8 Å². The van der Waals surface area contributed by atoms with Gasteiger partial charge in [0.05, 0.1) is 49.9 Å². The Labute approximate surface area is 351 Å². The molecule has 15 nitrogen and oxygen atoms in total. The van der Waals surface area contributed by atoms with Crippen LogP contribution >= 0.6 is 7.60 Å². The number of aliphatic hydroxyl groups excluding tert-OH is 1. The highest BCUT2D eigenvalue weighted by atomic mass is 32.2. The summed E-state index contributed by atoms with van der Waals surface area (Å²) < 4.78 is 88.0. The number of rotatable bonds is 22. The van der Waals surface area contributed by atoms with E-state index in [1.807, 2.05) is 26.0 Å². The van der Waals surface area contributed by atoms with Gasteiger partial charge in [-0.25, -0.2) is 17.8 Å². The second-order valence-electron chi connectivity index (χ2n) is 14.8. The summed E-state index contributed by atoms with van der Waals surface area (Å²) >= 11 is 0. The molecule has 2 heterocycles. The quantitative estimate of drug-likeness (QED) is 0.0647. The topological polar surface area (TPSA) is 178 Å². The van der Waals surface area contributed by atoms with Gasteiger partial charge >= 0.3 is 13.7 Å². The van der Waals surface area contributed by atoms with Crippen molar-refractivity contribution in [1.29, 1.82) is 0 Å². The van der Waals surface area contributed by atoms with Crippen molar-refractivity contribution in [2.45, 2.75) is 56.1 Å². The number of aliphatic hydroxyl groups is 1. The van der Waals surface area contributed by atoms with E-state index in [1.54, 1.807) is 84.9 Å². The minimum Gasteiger partial charge on any atom is -0.497 e. The standard InChI is InChI=1S/C43H53N2O13PS/c1-31(2)27-45(60(49,50)37-20-18-33(51-3)19-21-37)28-40(46)39(44-43(47)56-41-29-55-42-38(41)22-23-54-42)26-32-14-16-34(17-15-32)53-25-24-52-30-59(48,57-35-10-6-4-7-11-35)58-36-12-8-5-9-13-36/h4-21,31,38-42,46H,22-30H2,1-3H3,(H,44,47)/t38-,39-,40+,41-,42+/m0/s1. The molecule has 1 amide bonds. The lowest BCUT2D eigenvalue weighted by Crippen LogP contribution is -2.51. The molecule has 0 unspecified atom stereocenters. The summed E-state index contributed by atoms with van der Waals surface area (Å²) in [6.45, 7) is 4.48. The van der Waals surface area contributed by atoms with Crippen molar-refractivity contribution in [2.75, 3.05) is 53.0 Å². The van der Waals surface area contributed by atoms with Crippen LogP contribution in [-0.2, 0) is 40.0 Å². The molecule has 60 heavy (non-hydrogen) atoms. The van der Waals surface area contributed by atoms with Crippen LogP contribution in [0, 0.1) is 11.8 Å². The van der Waals surface area contributed by atoms with Crippen LogP contribution in [0.25, 0.3) is 0 Å². The van der Waals surface area contributed by atoms with Gasteiger partial charge in [-0.05, 0) is 85.0 Å². The van der Waals surface area contributed by atoms with Gasteiger partial charge in [-0.3, -0.25) is 0 Å². The number of carbonyl (C=O) groups excluding carboxylic acids is 1. The number of ether oxygens (including phenoxy) is 6. The van der Waals surface area contributed by atoms with Gasteiger partial charge in [-0.2, -0.15) is 4.31 Å². The summed E-state index contributed by atoms with van der Waals surface area (Å²) in [4.78, 5) is 13.4. The van der Waals surface area contributed by atoms with Gasteiger partial charge in [-0.15, -0.1) is 0 Å². The highest BCUT2D eigenvalue weighted by Crippen LogP contribution is 2.48. The number of carbonyl (C=O) groups is 1. The number of nitrogens with one attached hydrogen (secondary N) is 1. The van der Waals surface area contributed by atoms with Crippen molar-refractivity contribution in [2.24, 2.45) is 11.8 Å². The zero-order valence-electron chi connectivity index (χ0n) is 33.9. The minimum atomic E-state index is -4.05. The molecule has 0 radical (unpaired) electrons. The van der Waals surface area contributed by atoms with Gasteiger partial charge in [0.2, 0.25) is 10.0 Å². The van der Waals surface area contributed by atoms with E-state index in [0.717, 1.165) is 5.56 Å². The summed E-state index contributed by atoms with van der Waals surface area (Å²) in [5.41, 5.74) is 0.724. The number of amides is 1. The Bertz CT molecular complexity index is 2050. The van der Waals surface area contributed by atoms with Gasteiger partial charge in [-0.1, -0.05) is 62.4 Å². The number of hydrogen-bond acceptors (Lipinski definition) is 13. The molecule has 5 atom stereocenters. The molecule has 2 saturated heterocycles. The molecule has 0 aromatic heterocycles. The van der Waals surface area contributed by atoms with Gasteiger partial charge in [0.15, 0.2) is 12.6 Å². The predicted octanol–water partition coefficient (Wildman–Crippen LogP) is 6.51. The Morgan fingerprint density at radius 3 is 2.10 bits per heavy atom. The molecule has 2 fully saturated rings. The number of benzene rings is 4. The fourth-order valence-electron chi connectivity index (χ4n) is 6.79. The van der Waals surface area contributed by atoms with E-state index >= 15 is 0 Å². The maximum Gasteiger partial charge on any atom is 0.456 e. The van der Waals surface area contributed by atoms with Crippen molar-refractivity contribution in [3.05, 3.63) is 115 Å². The van der Waals surface area contributed by atoms with Gasteiger partial charge in [0, 0.05) is 13.1 Å². The highest BCUT2D eigenvalue weighted by molar-refractivity contribution is 7.89. The Balaban J connectivity index is 1.08. The average molecular weight is 869 g/mol. The third kappa shape index (κ3) is 12.7. The van der Waals surface area contributed by atoms with Crippen molar-refractivity contribution in [3.63, 3.8) is 0 Å². The third-order valence-corrected chi connectivity index (χ3v) is 13.1. The molecule has 0 aliphatic carbocycles. The Morgan fingerprint density at radius 1 is 0.850 bits per heavy atom. The average Bonchev–Trinajstić information content (AvgIpc) is 3.86. The van der Waals surface area contributed by atoms with E-state index in [-0.39, 0.29) is 62.4 Å². The van der Waals surface area contributed by atoms with Crippen molar-refractivity contribution < 1.29 is 60.4 Å². The summed E-state index contributed by atoms with van der Waals surface area (Å²) in [5.74, 6) is 1.61. The number of para-hydroxylation sites is 2. The first-order chi connectivity index (χ1) is 28.9. The normalized spacial score (nSPS) is 18.7. The van der Waals surface area contributed by atoms with Crippen molar-refractivity contribution in [3.8, 4) is 23.0 Å². The molecular weight excluding hydrogens is 816 g/mol. The molecule has 2 aliphatic rings. The fraction of sp³-hybridized carbons (Fsp3) is 0.419. The molecule has 0 spiro atoms. The number of hydrogen-bond donors (Lipinski definition) is 2. The van der Waals surface area contributed by atoms with Gasteiger partial charge < -0.3 is 47.9 Å². The van der Waals surface area contributed by atoms with Crippen molar-refractivity contribution in [1.82, 2.24) is 9.62 Å². The van der Waals surface area contributed by atoms with Gasteiger partial charge in [0.25, 0.3) is 0 Å². The molecule has 6 rings (SSSR count). The molecule has 4 aromatic rings. The lowest BCUT2D eigenvalue weighted by atomic mass is 10.0. The smallest absolute Gasteiger partial charge is 0.456 e. The summed E-state index contributed by atoms with van der Waals surface area (Å²) in [7, 11) is -6.32. The second kappa shape index (κ2) is 21.2.